The minimum absolute atomic E-state index is 0.101. The molecule has 158 valence electrons. The molecule has 1 fully saturated rings. The van der Waals surface area contributed by atoms with E-state index in [0.717, 1.165) is 18.4 Å². The monoisotopic (exact) mass is 417 g/mol. The molecule has 0 spiro atoms. The number of nitrogens with zero attached hydrogens (tertiary/aromatic N) is 5. The lowest BCUT2D eigenvalue weighted by atomic mass is 10.1. The number of amides is 1. The molecule has 0 bridgehead atoms. The van der Waals surface area contributed by atoms with E-state index in [1.165, 1.54) is 0 Å². The van der Waals surface area contributed by atoms with Crippen LogP contribution in [0.2, 0.25) is 0 Å². The van der Waals surface area contributed by atoms with Crippen LogP contribution in [0.5, 0.6) is 11.6 Å². The maximum atomic E-state index is 12.2. The van der Waals surface area contributed by atoms with Crippen LogP contribution in [0.1, 0.15) is 34.8 Å². The van der Waals surface area contributed by atoms with E-state index in [1.54, 1.807) is 46.1 Å². The Kier molecular flexibility index (Phi) is 5.45. The van der Waals surface area contributed by atoms with Crippen LogP contribution in [0.3, 0.4) is 0 Å². The van der Waals surface area contributed by atoms with Crippen LogP contribution in [-0.4, -0.2) is 38.7 Å². The van der Waals surface area contributed by atoms with Gasteiger partial charge >= 0.3 is 0 Å². The number of nitrogen functional groups attached to an aromatic ring is 1. The molecule has 3 heterocycles. The number of likely N-dealkylation sites (tertiary alicyclic amines) is 1. The van der Waals surface area contributed by atoms with Gasteiger partial charge < -0.3 is 21.1 Å². The third-order valence-electron chi connectivity index (χ3n) is 5.31. The number of nitriles is 1. The molecule has 4 rings (SSSR count). The van der Waals surface area contributed by atoms with Crippen LogP contribution >= 0.6 is 0 Å². The fourth-order valence-electron chi connectivity index (χ4n) is 3.73. The van der Waals surface area contributed by atoms with Crippen LogP contribution in [0, 0.1) is 18.4 Å². The van der Waals surface area contributed by atoms with E-state index in [1.807, 2.05) is 13.0 Å². The van der Waals surface area contributed by atoms with Crippen LogP contribution in [0.4, 0.5) is 5.82 Å². The molecule has 0 unspecified atom stereocenters. The smallest absolute Gasteiger partial charge is 0.254 e. The Morgan fingerprint density at radius 3 is 2.68 bits per heavy atom. The zero-order valence-corrected chi connectivity index (χ0v) is 17.2. The van der Waals surface area contributed by atoms with Crippen molar-refractivity contribution in [2.75, 3.05) is 18.8 Å². The van der Waals surface area contributed by atoms with Gasteiger partial charge in [0.15, 0.2) is 6.19 Å². The number of pyridine rings is 1. The molecule has 0 saturated carbocycles. The van der Waals surface area contributed by atoms with E-state index in [4.69, 9.17) is 16.2 Å². The summed E-state index contributed by atoms with van der Waals surface area (Å²) in [6.07, 6.45) is 5.56. The van der Waals surface area contributed by atoms with Gasteiger partial charge in [0, 0.05) is 24.4 Å². The standard InChI is InChI=1S/C22H23N7O2/c1-14-4-9-18(26-11-14)31-17-7-5-15(6-8-17)20-19(22(25)30)21(24)29(27-20)16-3-2-10-28(12-16)13-23/h4-9,11,16H,2-3,10,12,24H2,1H3,(H2,25,30)/t16-/m0/s1. The molecule has 3 aromatic rings. The lowest BCUT2D eigenvalue weighted by molar-refractivity contribution is 0.100. The number of benzene rings is 1. The zero-order chi connectivity index (χ0) is 22.0. The number of nitrogens with two attached hydrogens (primary N) is 2. The van der Waals surface area contributed by atoms with E-state index in [-0.39, 0.29) is 17.4 Å². The fourth-order valence-corrected chi connectivity index (χ4v) is 3.73. The molecular weight excluding hydrogens is 394 g/mol. The summed E-state index contributed by atoms with van der Waals surface area (Å²) in [5.41, 5.74) is 14.2. The Hall–Kier alpha value is -4.06. The third-order valence-corrected chi connectivity index (χ3v) is 5.31. The summed E-state index contributed by atoms with van der Waals surface area (Å²) >= 11 is 0. The van der Waals surface area contributed by atoms with E-state index < -0.39 is 5.91 Å². The second-order valence-corrected chi connectivity index (χ2v) is 7.56. The number of aromatic nitrogens is 3. The highest BCUT2D eigenvalue weighted by atomic mass is 16.5. The summed E-state index contributed by atoms with van der Waals surface area (Å²) in [7, 11) is 0. The third kappa shape index (κ3) is 4.14. The molecule has 9 heteroatoms. The lowest BCUT2D eigenvalue weighted by Gasteiger charge is -2.29. The van der Waals surface area contributed by atoms with Crippen molar-refractivity contribution in [2.45, 2.75) is 25.8 Å². The molecule has 1 aliphatic heterocycles. The number of primary amides is 1. The second kappa shape index (κ2) is 8.36. The summed E-state index contributed by atoms with van der Waals surface area (Å²) in [6.45, 7) is 3.16. The second-order valence-electron chi connectivity index (χ2n) is 7.56. The van der Waals surface area contributed by atoms with Crippen molar-refractivity contribution in [3.8, 4) is 29.1 Å². The SMILES string of the molecule is Cc1ccc(Oc2ccc(-c3nn([C@H]4CCCN(C#N)C4)c(N)c3C(N)=O)cc2)nc1. The zero-order valence-electron chi connectivity index (χ0n) is 17.2. The maximum absolute atomic E-state index is 12.2. The van der Waals surface area contributed by atoms with Crippen molar-refractivity contribution in [3.05, 3.63) is 53.7 Å². The summed E-state index contributed by atoms with van der Waals surface area (Å²) in [5.74, 6) is 0.668. The van der Waals surface area contributed by atoms with Crippen LogP contribution < -0.4 is 16.2 Å². The first-order chi connectivity index (χ1) is 15.0. The Labute approximate surface area is 179 Å². The number of rotatable bonds is 5. The normalized spacial score (nSPS) is 16.0. The van der Waals surface area contributed by atoms with Gasteiger partial charge in [-0.1, -0.05) is 6.07 Å². The van der Waals surface area contributed by atoms with Crippen molar-refractivity contribution in [1.82, 2.24) is 19.7 Å². The Morgan fingerprint density at radius 1 is 1.26 bits per heavy atom. The van der Waals surface area contributed by atoms with Crippen LogP contribution in [0.15, 0.2) is 42.6 Å². The van der Waals surface area contributed by atoms with Gasteiger partial charge in [0.05, 0.1) is 12.6 Å². The van der Waals surface area contributed by atoms with Gasteiger partial charge in [0.2, 0.25) is 5.88 Å². The van der Waals surface area contributed by atoms with Crippen molar-refractivity contribution >= 4 is 11.7 Å². The summed E-state index contributed by atoms with van der Waals surface area (Å²) < 4.78 is 7.39. The number of ether oxygens (including phenoxy) is 1. The number of anilines is 1. The number of hydrogen-bond acceptors (Lipinski definition) is 7. The van der Waals surface area contributed by atoms with Crippen LogP contribution in [0.25, 0.3) is 11.3 Å². The fraction of sp³-hybridized carbons (Fsp3) is 0.273. The van der Waals surface area contributed by atoms with Gasteiger partial charge in [-0.25, -0.2) is 9.67 Å². The predicted octanol–water partition coefficient (Wildman–Crippen LogP) is 2.84. The van der Waals surface area contributed by atoms with Gasteiger partial charge in [-0.2, -0.15) is 10.4 Å². The van der Waals surface area contributed by atoms with Crippen LogP contribution in [-0.2, 0) is 0 Å². The molecule has 4 N–H and O–H groups in total. The first-order valence-corrected chi connectivity index (χ1v) is 9.99. The molecule has 0 aliphatic carbocycles. The predicted molar refractivity (Wildman–Crippen MR) is 115 cm³/mol. The van der Waals surface area contributed by atoms with Crippen molar-refractivity contribution in [2.24, 2.45) is 5.73 Å². The van der Waals surface area contributed by atoms with E-state index in [0.29, 0.717) is 36.0 Å². The van der Waals surface area contributed by atoms with E-state index in [2.05, 4.69) is 16.3 Å². The summed E-state index contributed by atoms with van der Waals surface area (Å²) in [6, 6.07) is 10.8. The molecule has 1 aromatic carbocycles. The van der Waals surface area contributed by atoms with Crippen molar-refractivity contribution < 1.29 is 9.53 Å². The Balaban J connectivity index is 1.63. The molecule has 1 amide bonds. The van der Waals surface area contributed by atoms with Gasteiger partial charge in [-0.3, -0.25) is 4.79 Å². The highest BCUT2D eigenvalue weighted by Crippen LogP contribution is 2.33. The summed E-state index contributed by atoms with van der Waals surface area (Å²) in [5, 5.41) is 13.8. The molecule has 31 heavy (non-hydrogen) atoms. The number of hydrogen-bond donors (Lipinski definition) is 2. The average Bonchev–Trinajstić information content (AvgIpc) is 3.13. The molecule has 1 aliphatic rings. The molecule has 2 aromatic heterocycles. The quantitative estimate of drug-likeness (QED) is 0.609. The minimum Gasteiger partial charge on any atom is -0.439 e. The molecular formula is C22H23N7O2. The molecule has 1 atom stereocenters. The van der Waals surface area contributed by atoms with Gasteiger partial charge in [0.1, 0.15) is 22.8 Å². The molecule has 0 radical (unpaired) electrons. The lowest BCUT2D eigenvalue weighted by Crippen LogP contribution is -2.34. The van der Waals surface area contributed by atoms with Gasteiger partial charge in [-0.15, -0.1) is 0 Å². The molecule has 1 saturated heterocycles. The largest absolute Gasteiger partial charge is 0.439 e. The first-order valence-electron chi connectivity index (χ1n) is 9.99. The highest BCUT2D eigenvalue weighted by molar-refractivity contribution is 6.03. The highest BCUT2D eigenvalue weighted by Gasteiger charge is 2.28. The van der Waals surface area contributed by atoms with Crippen molar-refractivity contribution in [3.63, 3.8) is 0 Å². The molecule has 9 nitrogen and oxygen atoms in total. The number of carbonyl (C=O) groups excluding carboxylic acids is 1. The number of aryl methyl sites for hydroxylation is 1. The summed E-state index contributed by atoms with van der Waals surface area (Å²) in [4.78, 5) is 18.1. The maximum Gasteiger partial charge on any atom is 0.254 e. The number of piperidine rings is 1. The van der Waals surface area contributed by atoms with Gasteiger partial charge in [-0.05, 0) is 49.6 Å². The minimum atomic E-state index is -0.643. The number of carbonyl (C=O) groups is 1. The van der Waals surface area contributed by atoms with Gasteiger partial charge in [0.25, 0.3) is 5.91 Å². The average molecular weight is 417 g/mol. The van der Waals surface area contributed by atoms with Crippen molar-refractivity contribution in [1.29, 1.82) is 5.26 Å². The Bertz CT molecular complexity index is 1130. The van der Waals surface area contributed by atoms with E-state index >= 15 is 0 Å². The topological polar surface area (TPSA) is 136 Å². The van der Waals surface area contributed by atoms with E-state index in [9.17, 15) is 10.1 Å². The first kappa shape index (κ1) is 20.2. The Morgan fingerprint density at radius 2 is 2.03 bits per heavy atom.